The van der Waals surface area contributed by atoms with Gasteiger partial charge >= 0.3 is 21.1 Å². The molecule has 0 aliphatic rings. The first-order valence-electron chi connectivity index (χ1n) is 11.4. The standard InChI is InChI=1S/3C8H18OSi2.Pt/c3*1-7-11(6,8-2)9-10(3,4)5;/h3*7-8H,1-2H2,3-6H3;/q;;;+2. The maximum Gasteiger partial charge on any atom is 2.00 e. The SMILES string of the molecule is C=C[Si](C)(C=C)O[Si](C)(C)C.C=C[Si](C)(C=C)O[Si](C)(C)C.C=C[Si](C)(C=C)O[Si](C)(C)C.[Pt+2]. The molecule has 0 aromatic carbocycles. The first kappa shape index (κ1) is 41.4. The summed E-state index contributed by atoms with van der Waals surface area (Å²) in [6.45, 7) is 48.7. The summed E-state index contributed by atoms with van der Waals surface area (Å²) < 4.78 is 17.9. The zero-order valence-electron chi connectivity index (χ0n) is 24.2. The molecule has 0 unspecified atom stereocenters. The summed E-state index contributed by atoms with van der Waals surface area (Å²) in [7, 11) is -9.48. The van der Waals surface area contributed by atoms with Gasteiger partial charge in [0.05, 0.1) is 0 Å². The smallest absolute Gasteiger partial charge is 0.450 e. The zero-order valence-corrected chi connectivity index (χ0v) is 32.5. The molecule has 0 aromatic heterocycles. The molecular weight excluding hydrogens is 700 g/mol. The van der Waals surface area contributed by atoms with E-state index in [-0.39, 0.29) is 21.1 Å². The van der Waals surface area contributed by atoms with Crippen LogP contribution < -0.4 is 0 Å². The Morgan fingerprint density at radius 1 is 0.353 bits per heavy atom. The molecule has 0 aliphatic carbocycles. The first-order valence-corrected chi connectivity index (χ1v) is 29.3. The summed E-state index contributed by atoms with van der Waals surface area (Å²) in [4.78, 5) is 0. The molecule has 0 rings (SSSR count). The second kappa shape index (κ2) is 16.9. The molecule has 0 radical (unpaired) electrons. The Labute approximate surface area is 234 Å². The summed E-state index contributed by atoms with van der Waals surface area (Å²) in [5.74, 6) is 0. The van der Waals surface area contributed by atoms with Crippen molar-refractivity contribution in [2.24, 2.45) is 0 Å². The van der Waals surface area contributed by atoms with Crippen molar-refractivity contribution in [2.45, 2.75) is 78.6 Å². The Balaban J connectivity index is -0.000000196. The van der Waals surface area contributed by atoms with E-state index in [1.807, 2.05) is 34.2 Å². The van der Waals surface area contributed by atoms with Crippen LogP contribution in [0.4, 0.5) is 0 Å². The van der Waals surface area contributed by atoms with Crippen LogP contribution in [-0.4, -0.2) is 49.9 Å². The van der Waals surface area contributed by atoms with Crippen molar-refractivity contribution in [3.05, 3.63) is 73.7 Å². The molecule has 200 valence electrons. The maximum absolute atomic E-state index is 5.97. The van der Waals surface area contributed by atoms with Crippen LogP contribution in [0.1, 0.15) is 0 Å². The number of rotatable bonds is 12. The molecule has 0 fully saturated rings. The molecule has 0 spiro atoms. The summed E-state index contributed by atoms with van der Waals surface area (Å²) in [6, 6.07) is 0. The van der Waals surface area contributed by atoms with E-state index in [0.29, 0.717) is 0 Å². The molecular formula is C24H54O3PtSi6+2. The van der Waals surface area contributed by atoms with Crippen molar-refractivity contribution >= 4 is 49.9 Å². The van der Waals surface area contributed by atoms with Crippen LogP contribution in [0.5, 0.6) is 0 Å². The minimum atomic E-state index is -1.74. The van der Waals surface area contributed by atoms with Gasteiger partial charge in [-0.2, -0.15) is 0 Å². The molecule has 3 nitrogen and oxygen atoms in total. The summed E-state index contributed by atoms with van der Waals surface area (Å²) in [5, 5.41) is 0. The molecule has 0 aliphatic heterocycles. The van der Waals surface area contributed by atoms with Crippen LogP contribution in [0.15, 0.2) is 73.7 Å². The third kappa shape index (κ3) is 24.0. The maximum atomic E-state index is 5.97. The Bertz CT molecular complexity index is 547. The third-order valence-electron chi connectivity index (χ3n) is 4.01. The van der Waals surface area contributed by atoms with Gasteiger partial charge in [0.1, 0.15) is 0 Å². The fraction of sp³-hybridized carbons (Fsp3) is 0.500. The van der Waals surface area contributed by atoms with Crippen molar-refractivity contribution in [1.29, 1.82) is 0 Å². The fourth-order valence-corrected chi connectivity index (χ4v) is 20.8. The fourth-order valence-electron chi connectivity index (χ4n) is 2.48. The van der Waals surface area contributed by atoms with E-state index in [4.69, 9.17) is 12.3 Å². The molecule has 34 heavy (non-hydrogen) atoms. The Kier molecular flexibility index (Phi) is 20.6. The van der Waals surface area contributed by atoms with Crippen molar-refractivity contribution in [3.63, 3.8) is 0 Å². The van der Waals surface area contributed by atoms with Gasteiger partial charge in [0.15, 0.2) is 25.0 Å². The third-order valence-corrected chi connectivity index (χ3v) is 21.5. The van der Waals surface area contributed by atoms with E-state index in [1.165, 1.54) is 0 Å². The van der Waals surface area contributed by atoms with E-state index in [9.17, 15) is 0 Å². The topological polar surface area (TPSA) is 27.7 Å². The van der Waals surface area contributed by atoms with Gasteiger partial charge in [-0.3, -0.25) is 0 Å². The minimum Gasteiger partial charge on any atom is -0.450 e. The number of hydrogen-bond acceptors (Lipinski definition) is 3. The van der Waals surface area contributed by atoms with Gasteiger partial charge in [0.25, 0.3) is 0 Å². The predicted octanol–water partition coefficient (Wildman–Crippen LogP) is 8.59. The average Bonchev–Trinajstić information content (AvgIpc) is 2.65. The van der Waals surface area contributed by atoms with Gasteiger partial charge < -0.3 is 12.3 Å². The molecule has 0 aromatic rings. The summed E-state index contributed by atoms with van der Waals surface area (Å²) in [5.41, 5.74) is 11.6. The molecule has 0 bridgehead atoms. The largest absolute Gasteiger partial charge is 2.00 e. The molecule has 0 atom stereocenters. The summed E-state index contributed by atoms with van der Waals surface area (Å²) in [6.07, 6.45) is 0. The van der Waals surface area contributed by atoms with Gasteiger partial charge in [-0.05, 0) is 78.6 Å². The zero-order chi connectivity index (χ0) is 27.4. The summed E-state index contributed by atoms with van der Waals surface area (Å²) >= 11 is 0. The van der Waals surface area contributed by atoms with E-state index in [1.54, 1.807) is 0 Å². The normalized spacial score (nSPS) is 12.4. The van der Waals surface area contributed by atoms with Gasteiger partial charge in [0.2, 0.25) is 25.0 Å². The van der Waals surface area contributed by atoms with Crippen molar-refractivity contribution in [3.8, 4) is 0 Å². The van der Waals surface area contributed by atoms with Crippen LogP contribution >= 0.6 is 0 Å². The monoisotopic (exact) mass is 753 g/mol. The van der Waals surface area contributed by atoms with E-state index >= 15 is 0 Å². The van der Waals surface area contributed by atoms with Gasteiger partial charge in [-0.1, -0.05) is 34.2 Å². The van der Waals surface area contributed by atoms with Crippen molar-refractivity contribution < 1.29 is 33.4 Å². The van der Waals surface area contributed by atoms with Gasteiger partial charge in [-0.25, -0.2) is 0 Å². The van der Waals surface area contributed by atoms with Crippen LogP contribution in [-0.2, 0) is 33.4 Å². The predicted molar refractivity (Wildman–Crippen MR) is 169 cm³/mol. The Morgan fingerprint density at radius 3 is 0.500 bits per heavy atom. The van der Waals surface area contributed by atoms with Crippen LogP contribution in [0.2, 0.25) is 78.6 Å². The van der Waals surface area contributed by atoms with E-state index in [0.717, 1.165) is 0 Å². The van der Waals surface area contributed by atoms with E-state index in [2.05, 4.69) is 118 Å². The quantitative estimate of drug-likeness (QED) is 0.187. The molecule has 0 saturated carbocycles. The van der Waals surface area contributed by atoms with Gasteiger partial charge in [0, 0.05) is 0 Å². The Hall–Kier alpha value is 0.310. The van der Waals surface area contributed by atoms with E-state index < -0.39 is 49.9 Å². The number of hydrogen-bond donors (Lipinski definition) is 0. The van der Waals surface area contributed by atoms with Crippen LogP contribution in [0.25, 0.3) is 0 Å². The van der Waals surface area contributed by atoms with Crippen LogP contribution in [0, 0.1) is 0 Å². The second-order valence-electron chi connectivity index (χ2n) is 11.4. The van der Waals surface area contributed by atoms with Crippen molar-refractivity contribution in [1.82, 2.24) is 0 Å². The molecule has 0 saturated heterocycles. The first-order chi connectivity index (χ1) is 14.5. The van der Waals surface area contributed by atoms with Crippen LogP contribution in [0.3, 0.4) is 0 Å². The molecule has 10 heteroatoms. The average molecular weight is 754 g/mol. The minimum absolute atomic E-state index is 0. The molecule has 0 heterocycles. The molecule has 0 N–H and O–H groups in total. The Morgan fingerprint density at radius 2 is 0.471 bits per heavy atom. The van der Waals surface area contributed by atoms with Gasteiger partial charge in [-0.15, -0.1) is 39.5 Å². The van der Waals surface area contributed by atoms with Crippen molar-refractivity contribution in [2.75, 3.05) is 0 Å². The second-order valence-corrected chi connectivity index (χ2v) is 36.1. The molecule has 0 amide bonds.